The van der Waals surface area contributed by atoms with Crippen LogP contribution in [0.4, 0.5) is 10.5 Å². The number of carbonyl (C=O) groups excluding carboxylic acids is 3. The Morgan fingerprint density at radius 2 is 1.56 bits per heavy atom. The quantitative estimate of drug-likeness (QED) is 0.101. The largest absolute Gasteiger partial charge is 0.493 e. The zero-order valence-electron chi connectivity index (χ0n) is 24.1. The lowest BCUT2D eigenvalue weighted by molar-refractivity contribution is -0.122. The van der Waals surface area contributed by atoms with Gasteiger partial charge in [-0.05, 0) is 72.2 Å². The maximum absolute atomic E-state index is 13.5. The first-order valence-electron chi connectivity index (χ1n) is 13.7. The van der Waals surface area contributed by atoms with E-state index in [0.717, 1.165) is 10.5 Å². The van der Waals surface area contributed by atoms with Crippen LogP contribution in [0, 0.1) is 0 Å². The second-order valence-electron chi connectivity index (χ2n) is 9.78. The summed E-state index contributed by atoms with van der Waals surface area (Å²) in [4.78, 5) is 39.9. The number of barbiturate groups is 1. The van der Waals surface area contributed by atoms with E-state index in [-0.39, 0.29) is 34.1 Å². The first-order chi connectivity index (χ1) is 21.7. The van der Waals surface area contributed by atoms with Crippen molar-refractivity contribution in [2.45, 2.75) is 17.9 Å². The molecule has 0 radical (unpaired) electrons. The fourth-order valence-electron chi connectivity index (χ4n) is 4.56. The molecule has 228 valence electrons. The van der Waals surface area contributed by atoms with Crippen LogP contribution in [0.1, 0.15) is 16.7 Å². The van der Waals surface area contributed by atoms with Crippen molar-refractivity contribution in [2.75, 3.05) is 12.0 Å². The number of imide groups is 2. The summed E-state index contributed by atoms with van der Waals surface area (Å²) in [5.41, 5.74) is 1.58. The Hall–Kier alpha value is -5.68. The zero-order chi connectivity index (χ0) is 32.0. The summed E-state index contributed by atoms with van der Waals surface area (Å²) in [5, 5.41) is 2.20. The highest BCUT2D eigenvalue weighted by Gasteiger charge is 2.37. The lowest BCUT2D eigenvalue weighted by Gasteiger charge is -2.26. The van der Waals surface area contributed by atoms with E-state index < -0.39 is 28.0 Å². The molecule has 4 aromatic carbocycles. The molecular weight excluding hydrogens is 596 g/mol. The minimum atomic E-state index is -4.21. The first kappa shape index (κ1) is 30.8. The molecule has 4 aromatic rings. The Bertz CT molecular complexity index is 1890. The van der Waals surface area contributed by atoms with Gasteiger partial charge in [0.25, 0.3) is 11.8 Å². The average Bonchev–Trinajstić information content (AvgIpc) is 3.04. The lowest BCUT2D eigenvalue weighted by atomic mass is 10.0. The first-order valence-corrected chi connectivity index (χ1v) is 15.1. The summed E-state index contributed by atoms with van der Waals surface area (Å²) in [6.07, 6.45) is 3.01. The topological polar surface area (TPSA) is 128 Å². The Morgan fingerprint density at radius 3 is 2.20 bits per heavy atom. The highest BCUT2D eigenvalue weighted by atomic mass is 32.2. The van der Waals surface area contributed by atoms with Crippen molar-refractivity contribution in [2.24, 2.45) is 0 Å². The number of hydrogen-bond donors (Lipinski definition) is 1. The van der Waals surface area contributed by atoms with Gasteiger partial charge in [0.1, 0.15) is 22.8 Å². The van der Waals surface area contributed by atoms with Crippen LogP contribution in [0.5, 0.6) is 17.2 Å². The second kappa shape index (κ2) is 13.3. The SMILES string of the molecule is C=CCc1cc(/C=C2\C(=O)NC(=O)N(c3ccc(OCc4ccccc4)cc3)C2=O)cc(OC)c1OS(=O)(=O)c1ccccc1. The fourth-order valence-corrected chi connectivity index (χ4v) is 5.55. The molecule has 1 saturated heterocycles. The Kier molecular flexibility index (Phi) is 9.10. The number of urea groups is 1. The summed E-state index contributed by atoms with van der Waals surface area (Å²) >= 11 is 0. The van der Waals surface area contributed by atoms with Crippen molar-refractivity contribution in [3.8, 4) is 17.2 Å². The maximum atomic E-state index is 13.5. The molecule has 1 heterocycles. The number of rotatable bonds is 11. The van der Waals surface area contributed by atoms with Gasteiger partial charge in [-0.3, -0.25) is 14.9 Å². The third-order valence-electron chi connectivity index (χ3n) is 6.72. The molecule has 0 aromatic heterocycles. The third-order valence-corrected chi connectivity index (χ3v) is 7.95. The van der Waals surface area contributed by atoms with Crippen LogP contribution >= 0.6 is 0 Å². The molecule has 0 atom stereocenters. The molecule has 11 heteroatoms. The number of allylic oxidation sites excluding steroid dienone is 1. The molecule has 10 nitrogen and oxygen atoms in total. The molecule has 0 spiro atoms. The van der Waals surface area contributed by atoms with Crippen LogP contribution in [0.3, 0.4) is 0 Å². The fraction of sp³-hybridized carbons (Fsp3) is 0.0882. The summed E-state index contributed by atoms with van der Waals surface area (Å²) in [6, 6.07) is 25.6. The standard InChI is InChI=1S/C34H28N2O8S/c1-3-10-25-19-24(21-30(42-2)31(25)44-45(40,41)28-13-8-5-9-14-28)20-29-32(37)35-34(39)36(33(29)38)26-15-17-27(18-16-26)43-22-23-11-6-4-7-12-23/h3-9,11-21H,1,10,22H2,2H3,(H,35,37,39)/b29-20+. The van der Waals surface area contributed by atoms with E-state index in [1.54, 1.807) is 42.5 Å². The van der Waals surface area contributed by atoms with Crippen molar-refractivity contribution in [1.29, 1.82) is 0 Å². The van der Waals surface area contributed by atoms with Gasteiger partial charge >= 0.3 is 16.1 Å². The highest BCUT2D eigenvalue weighted by Crippen LogP contribution is 2.37. The summed E-state index contributed by atoms with van der Waals surface area (Å²) in [7, 11) is -2.88. The van der Waals surface area contributed by atoms with E-state index in [9.17, 15) is 22.8 Å². The monoisotopic (exact) mass is 624 g/mol. The van der Waals surface area contributed by atoms with Crippen LogP contribution in [-0.4, -0.2) is 33.4 Å². The van der Waals surface area contributed by atoms with Gasteiger partial charge < -0.3 is 13.7 Å². The molecule has 4 amide bonds. The number of hydrogen-bond acceptors (Lipinski definition) is 8. The van der Waals surface area contributed by atoms with E-state index in [4.69, 9.17) is 13.7 Å². The Balaban J connectivity index is 1.43. The van der Waals surface area contributed by atoms with Gasteiger partial charge in [0.2, 0.25) is 0 Å². The molecule has 0 aliphatic carbocycles. The van der Waals surface area contributed by atoms with Crippen molar-refractivity contribution in [3.63, 3.8) is 0 Å². The number of methoxy groups -OCH3 is 1. The Morgan fingerprint density at radius 1 is 0.889 bits per heavy atom. The van der Waals surface area contributed by atoms with Gasteiger partial charge in [-0.15, -0.1) is 6.58 Å². The predicted molar refractivity (Wildman–Crippen MR) is 167 cm³/mol. The third kappa shape index (κ3) is 6.94. The van der Waals surface area contributed by atoms with Crippen LogP contribution in [0.25, 0.3) is 6.08 Å². The molecule has 0 bridgehead atoms. The van der Waals surface area contributed by atoms with Gasteiger partial charge in [0.15, 0.2) is 11.5 Å². The number of benzene rings is 4. The number of nitrogens with zero attached hydrogens (tertiary/aromatic N) is 1. The van der Waals surface area contributed by atoms with Gasteiger partial charge in [0, 0.05) is 5.56 Å². The maximum Gasteiger partial charge on any atom is 0.339 e. The minimum absolute atomic E-state index is 0.0448. The van der Waals surface area contributed by atoms with Crippen molar-refractivity contribution in [3.05, 3.63) is 132 Å². The van der Waals surface area contributed by atoms with Crippen LogP contribution < -0.4 is 23.9 Å². The molecule has 1 N–H and O–H groups in total. The molecule has 5 rings (SSSR count). The zero-order valence-corrected chi connectivity index (χ0v) is 25.0. The highest BCUT2D eigenvalue weighted by molar-refractivity contribution is 7.87. The molecule has 1 aliphatic rings. The number of ether oxygens (including phenoxy) is 2. The molecule has 1 fully saturated rings. The molecule has 45 heavy (non-hydrogen) atoms. The minimum Gasteiger partial charge on any atom is -0.493 e. The number of anilines is 1. The Labute approximate surface area is 260 Å². The van der Waals surface area contributed by atoms with Crippen LogP contribution in [-0.2, 0) is 32.7 Å². The molecular formula is C34H28N2O8S. The lowest BCUT2D eigenvalue weighted by Crippen LogP contribution is -2.54. The van der Waals surface area contributed by atoms with Gasteiger partial charge in [0.05, 0.1) is 12.8 Å². The van der Waals surface area contributed by atoms with E-state index in [0.29, 0.717) is 23.5 Å². The normalized spacial score (nSPS) is 14.2. The van der Waals surface area contributed by atoms with E-state index in [1.165, 1.54) is 43.5 Å². The average molecular weight is 625 g/mol. The van der Waals surface area contributed by atoms with Gasteiger partial charge in [-0.1, -0.05) is 54.6 Å². The summed E-state index contributed by atoms with van der Waals surface area (Å²) in [6.45, 7) is 4.07. The van der Waals surface area contributed by atoms with Gasteiger partial charge in [-0.25, -0.2) is 9.69 Å². The van der Waals surface area contributed by atoms with Crippen LogP contribution in [0.2, 0.25) is 0 Å². The van der Waals surface area contributed by atoms with E-state index in [2.05, 4.69) is 11.9 Å². The summed E-state index contributed by atoms with van der Waals surface area (Å²) in [5.74, 6) is -1.23. The van der Waals surface area contributed by atoms with Crippen LogP contribution in [0.15, 0.2) is 120 Å². The molecule has 0 saturated carbocycles. The smallest absolute Gasteiger partial charge is 0.339 e. The van der Waals surface area contributed by atoms with E-state index >= 15 is 0 Å². The summed E-state index contributed by atoms with van der Waals surface area (Å²) < 4.78 is 42.7. The molecule has 0 unspecified atom stereocenters. The van der Waals surface area contributed by atoms with E-state index in [1.807, 2.05) is 30.3 Å². The molecule has 1 aliphatic heterocycles. The van der Waals surface area contributed by atoms with Crippen molar-refractivity contribution >= 4 is 39.7 Å². The predicted octanol–water partition coefficient (Wildman–Crippen LogP) is 5.44. The van der Waals surface area contributed by atoms with Crippen molar-refractivity contribution < 1.29 is 36.5 Å². The number of nitrogens with one attached hydrogen (secondary N) is 1. The van der Waals surface area contributed by atoms with Gasteiger partial charge in [-0.2, -0.15) is 8.42 Å². The number of amides is 4. The number of carbonyl (C=O) groups is 3. The second-order valence-corrected chi connectivity index (χ2v) is 11.3. The van der Waals surface area contributed by atoms with Crippen molar-refractivity contribution in [1.82, 2.24) is 5.32 Å².